The third-order valence-corrected chi connectivity index (χ3v) is 3.44. The number of hydrogen-bond donors (Lipinski definition) is 1. The van der Waals surface area contributed by atoms with Crippen LogP contribution in [0, 0.1) is 5.92 Å². The summed E-state index contributed by atoms with van der Waals surface area (Å²) in [7, 11) is 0. The van der Waals surface area contributed by atoms with Crippen LogP contribution in [0.15, 0.2) is 12.2 Å². The van der Waals surface area contributed by atoms with Crippen LogP contribution in [0.1, 0.15) is 25.7 Å². The van der Waals surface area contributed by atoms with E-state index in [1.165, 1.54) is 0 Å². The quantitative estimate of drug-likeness (QED) is 0.760. The molecule has 0 saturated carbocycles. The molecule has 0 aromatic heterocycles. The number of morpholine rings is 1. The van der Waals surface area contributed by atoms with Crippen LogP contribution in [0.5, 0.6) is 0 Å². The highest BCUT2D eigenvalue weighted by Gasteiger charge is 2.27. The monoisotopic (exact) mass is 253 g/mol. The lowest BCUT2D eigenvalue weighted by molar-refractivity contribution is -0.148. The summed E-state index contributed by atoms with van der Waals surface area (Å²) in [5, 5.41) is 8.73. The van der Waals surface area contributed by atoms with Crippen LogP contribution in [-0.4, -0.2) is 47.7 Å². The Bertz CT molecular complexity index is 353. The normalized spacial score (nSPS) is 27.4. The molecule has 1 aliphatic carbocycles. The number of nitrogens with zero attached hydrogens (tertiary/aromatic N) is 1. The average molecular weight is 253 g/mol. The third kappa shape index (κ3) is 3.57. The van der Waals surface area contributed by atoms with Crippen molar-refractivity contribution in [1.82, 2.24) is 4.90 Å². The molecular formula is C13H19NO4. The van der Waals surface area contributed by atoms with Gasteiger partial charge in [0.25, 0.3) is 0 Å². The minimum Gasteiger partial charge on any atom is -0.481 e. The number of carbonyl (C=O) groups excluding carboxylic acids is 1. The second-order valence-corrected chi connectivity index (χ2v) is 4.90. The van der Waals surface area contributed by atoms with Crippen LogP contribution >= 0.6 is 0 Å². The van der Waals surface area contributed by atoms with E-state index in [2.05, 4.69) is 12.2 Å². The second-order valence-electron chi connectivity index (χ2n) is 4.90. The van der Waals surface area contributed by atoms with Crippen LogP contribution in [-0.2, 0) is 14.3 Å². The molecule has 0 bridgehead atoms. The zero-order valence-corrected chi connectivity index (χ0v) is 10.4. The lowest BCUT2D eigenvalue weighted by Crippen LogP contribution is -2.46. The fourth-order valence-corrected chi connectivity index (χ4v) is 2.48. The van der Waals surface area contributed by atoms with Crippen LogP contribution in [0.4, 0.5) is 0 Å². The third-order valence-electron chi connectivity index (χ3n) is 3.44. The fourth-order valence-electron chi connectivity index (χ4n) is 2.48. The van der Waals surface area contributed by atoms with Crippen molar-refractivity contribution in [3.05, 3.63) is 12.2 Å². The van der Waals surface area contributed by atoms with Gasteiger partial charge in [-0.05, 0) is 18.8 Å². The maximum Gasteiger partial charge on any atom is 0.306 e. The summed E-state index contributed by atoms with van der Waals surface area (Å²) in [6, 6.07) is 0. The first-order valence-electron chi connectivity index (χ1n) is 6.43. The van der Waals surface area contributed by atoms with E-state index in [1.54, 1.807) is 4.90 Å². The number of aliphatic carboxylic acids is 1. The molecule has 1 N–H and O–H groups in total. The van der Waals surface area contributed by atoms with E-state index in [0.29, 0.717) is 32.0 Å². The molecule has 2 aliphatic rings. The number of carboxylic acids is 1. The highest BCUT2D eigenvalue weighted by Crippen LogP contribution is 2.22. The summed E-state index contributed by atoms with van der Waals surface area (Å²) >= 11 is 0. The SMILES string of the molecule is O=C(O)C[C@H]1CN(C(=O)C[C@H]2C=CCC2)CCO1. The van der Waals surface area contributed by atoms with E-state index < -0.39 is 5.97 Å². The van der Waals surface area contributed by atoms with Crippen molar-refractivity contribution < 1.29 is 19.4 Å². The number of rotatable bonds is 4. The van der Waals surface area contributed by atoms with Crippen LogP contribution in [0.2, 0.25) is 0 Å². The summed E-state index contributed by atoms with van der Waals surface area (Å²) in [5.41, 5.74) is 0. The Hall–Kier alpha value is -1.36. The average Bonchev–Trinajstić information content (AvgIpc) is 2.81. The number of hydrogen-bond acceptors (Lipinski definition) is 3. The summed E-state index contributed by atoms with van der Waals surface area (Å²) in [5.74, 6) is -0.406. The molecule has 5 nitrogen and oxygen atoms in total. The number of ether oxygens (including phenoxy) is 1. The Morgan fingerprint density at radius 2 is 2.22 bits per heavy atom. The van der Waals surface area contributed by atoms with Crippen LogP contribution < -0.4 is 0 Å². The minimum atomic E-state index is -0.881. The number of carboxylic acid groups (broad SMARTS) is 1. The number of amides is 1. The molecular weight excluding hydrogens is 234 g/mol. The van der Waals surface area contributed by atoms with Gasteiger partial charge in [0.2, 0.25) is 5.91 Å². The first-order chi connectivity index (χ1) is 8.65. The highest BCUT2D eigenvalue weighted by atomic mass is 16.5. The van der Waals surface area contributed by atoms with Crippen LogP contribution in [0.3, 0.4) is 0 Å². The van der Waals surface area contributed by atoms with Gasteiger partial charge in [-0.25, -0.2) is 0 Å². The van der Waals surface area contributed by atoms with Gasteiger partial charge < -0.3 is 14.7 Å². The standard InChI is InChI=1S/C13H19NO4/c15-12(7-10-3-1-2-4-10)14-5-6-18-11(9-14)8-13(16)17/h1,3,10-11H,2,4-9H2,(H,16,17)/t10-,11-/m0/s1. The van der Waals surface area contributed by atoms with Gasteiger partial charge in [0.1, 0.15) is 0 Å². The molecule has 100 valence electrons. The van der Waals surface area contributed by atoms with Gasteiger partial charge in [-0.2, -0.15) is 0 Å². The molecule has 5 heteroatoms. The second kappa shape index (κ2) is 6.00. The molecule has 2 rings (SSSR count). The zero-order chi connectivity index (χ0) is 13.0. The van der Waals surface area contributed by atoms with Gasteiger partial charge in [-0.3, -0.25) is 9.59 Å². The molecule has 18 heavy (non-hydrogen) atoms. The smallest absolute Gasteiger partial charge is 0.306 e. The van der Waals surface area contributed by atoms with Crippen LogP contribution in [0.25, 0.3) is 0 Å². The van der Waals surface area contributed by atoms with Crippen molar-refractivity contribution in [3.63, 3.8) is 0 Å². The molecule has 0 radical (unpaired) electrons. The molecule has 1 fully saturated rings. The van der Waals surface area contributed by atoms with Gasteiger partial charge in [-0.15, -0.1) is 0 Å². The van der Waals surface area contributed by atoms with Crippen molar-refractivity contribution in [2.75, 3.05) is 19.7 Å². The lowest BCUT2D eigenvalue weighted by atomic mass is 10.0. The van der Waals surface area contributed by atoms with E-state index in [0.717, 1.165) is 12.8 Å². The van der Waals surface area contributed by atoms with E-state index in [9.17, 15) is 9.59 Å². The Balaban J connectivity index is 1.81. The van der Waals surface area contributed by atoms with Crippen molar-refractivity contribution in [2.45, 2.75) is 31.8 Å². The van der Waals surface area contributed by atoms with Crippen molar-refractivity contribution in [1.29, 1.82) is 0 Å². The highest BCUT2D eigenvalue weighted by molar-refractivity contribution is 5.77. The Labute approximate surface area is 106 Å². The molecule has 0 aromatic carbocycles. The van der Waals surface area contributed by atoms with E-state index in [-0.39, 0.29) is 18.4 Å². The van der Waals surface area contributed by atoms with E-state index >= 15 is 0 Å². The summed E-state index contributed by atoms with van der Waals surface area (Å²) < 4.78 is 5.35. The van der Waals surface area contributed by atoms with Gasteiger partial charge in [0, 0.05) is 19.5 Å². The largest absolute Gasteiger partial charge is 0.481 e. The molecule has 0 aromatic rings. The fraction of sp³-hybridized carbons (Fsp3) is 0.692. The molecule has 2 atom stereocenters. The maximum absolute atomic E-state index is 12.1. The first-order valence-corrected chi connectivity index (χ1v) is 6.43. The summed E-state index contributed by atoms with van der Waals surface area (Å²) in [4.78, 5) is 24.4. The molecule has 1 heterocycles. The summed E-state index contributed by atoms with van der Waals surface area (Å²) in [6.45, 7) is 1.41. The van der Waals surface area contributed by atoms with Crippen molar-refractivity contribution in [2.24, 2.45) is 5.92 Å². The minimum absolute atomic E-state index is 0.0346. The molecule has 1 saturated heterocycles. The topological polar surface area (TPSA) is 66.8 Å². The Kier molecular flexibility index (Phi) is 4.36. The maximum atomic E-state index is 12.1. The predicted octanol–water partition coefficient (Wildman–Crippen LogP) is 1.04. The molecule has 0 unspecified atom stereocenters. The molecule has 0 spiro atoms. The van der Waals surface area contributed by atoms with Gasteiger partial charge in [0.15, 0.2) is 0 Å². The Morgan fingerprint density at radius 1 is 1.39 bits per heavy atom. The molecule has 1 amide bonds. The van der Waals surface area contributed by atoms with E-state index in [1.807, 2.05) is 0 Å². The van der Waals surface area contributed by atoms with Gasteiger partial charge in [0.05, 0.1) is 19.1 Å². The van der Waals surface area contributed by atoms with Crippen molar-refractivity contribution in [3.8, 4) is 0 Å². The predicted molar refractivity (Wildman–Crippen MR) is 65.1 cm³/mol. The number of allylic oxidation sites excluding steroid dienone is 2. The zero-order valence-electron chi connectivity index (χ0n) is 10.4. The van der Waals surface area contributed by atoms with Crippen molar-refractivity contribution >= 4 is 11.9 Å². The summed E-state index contributed by atoms with van der Waals surface area (Å²) in [6.07, 6.45) is 6.47. The van der Waals surface area contributed by atoms with Gasteiger partial charge >= 0.3 is 5.97 Å². The molecule has 1 aliphatic heterocycles. The Morgan fingerprint density at radius 3 is 2.89 bits per heavy atom. The van der Waals surface area contributed by atoms with E-state index in [4.69, 9.17) is 9.84 Å². The van der Waals surface area contributed by atoms with Gasteiger partial charge in [-0.1, -0.05) is 12.2 Å². The number of carbonyl (C=O) groups is 2. The lowest BCUT2D eigenvalue weighted by Gasteiger charge is -2.32. The first kappa shape index (κ1) is 13.1.